The summed E-state index contributed by atoms with van der Waals surface area (Å²) >= 11 is 0. The number of nitrogens with two attached hydrogens (primary N) is 1. The van der Waals surface area contributed by atoms with Crippen molar-refractivity contribution in [3.05, 3.63) is 113 Å². The molecule has 3 nitrogen and oxygen atoms in total. The fourth-order valence-electron chi connectivity index (χ4n) is 4.09. The largest absolute Gasteiger partial charge is 0.457 e. The quantitative estimate of drug-likeness (QED) is 0.200. The highest BCUT2D eigenvalue weighted by atomic mass is 19.4. The molecule has 0 saturated carbocycles. The van der Waals surface area contributed by atoms with E-state index in [2.05, 4.69) is 0 Å². The van der Waals surface area contributed by atoms with Crippen LogP contribution in [0.25, 0.3) is 0 Å². The minimum atomic E-state index is -5.71. The van der Waals surface area contributed by atoms with E-state index < -0.39 is 28.9 Å². The van der Waals surface area contributed by atoms with Crippen LogP contribution in [0.1, 0.15) is 22.3 Å². The smallest absolute Gasteiger partial charge is 0.411 e. The van der Waals surface area contributed by atoms with Gasteiger partial charge in [0.2, 0.25) is 5.41 Å². The molecule has 198 valence electrons. The van der Waals surface area contributed by atoms with Crippen LogP contribution in [0, 0.1) is 13.8 Å². The van der Waals surface area contributed by atoms with Crippen molar-refractivity contribution in [1.82, 2.24) is 0 Å². The molecule has 2 N–H and O–H groups in total. The second kappa shape index (κ2) is 9.96. The van der Waals surface area contributed by atoms with E-state index >= 15 is 0 Å². The first-order chi connectivity index (χ1) is 17.8. The van der Waals surface area contributed by atoms with E-state index in [1.54, 1.807) is 43.3 Å². The van der Waals surface area contributed by atoms with E-state index in [-0.39, 0.29) is 11.5 Å². The lowest BCUT2D eigenvalue weighted by Gasteiger charge is -2.38. The van der Waals surface area contributed by atoms with Gasteiger partial charge in [0.25, 0.3) is 0 Å². The lowest BCUT2D eigenvalue weighted by Crippen LogP contribution is -2.54. The fourth-order valence-corrected chi connectivity index (χ4v) is 4.09. The van der Waals surface area contributed by atoms with Crippen molar-refractivity contribution in [2.24, 2.45) is 0 Å². The predicted octanol–water partition coefficient (Wildman–Crippen LogP) is 8.88. The van der Waals surface area contributed by atoms with E-state index in [0.717, 1.165) is 59.7 Å². The Labute approximate surface area is 215 Å². The number of benzene rings is 4. The number of nitrogen functional groups attached to an aromatic ring is 1. The Morgan fingerprint density at radius 2 is 0.895 bits per heavy atom. The van der Waals surface area contributed by atoms with Crippen molar-refractivity contribution < 1.29 is 35.8 Å². The number of anilines is 1. The standard InChI is InChI=1S/C29H23F6NO2/c1-18-3-10-22(11-4-18)37-23-13-6-20(7-14-23)27(28(30,31)32,29(33,34)35)21-8-15-24(16-9-21)38-25-12-5-19(2)26(36)17-25/h3-17H,36H2,1-2H3. The molecule has 0 aliphatic heterocycles. The van der Waals surface area contributed by atoms with E-state index in [4.69, 9.17) is 15.2 Å². The van der Waals surface area contributed by atoms with Crippen LogP contribution >= 0.6 is 0 Å². The van der Waals surface area contributed by atoms with E-state index in [1.165, 1.54) is 6.07 Å². The summed E-state index contributed by atoms with van der Waals surface area (Å²) < 4.78 is 97.9. The van der Waals surface area contributed by atoms with Gasteiger partial charge in [-0.2, -0.15) is 26.3 Å². The van der Waals surface area contributed by atoms with Crippen molar-refractivity contribution >= 4 is 5.69 Å². The maximum absolute atomic E-state index is 14.5. The third-order valence-corrected chi connectivity index (χ3v) is 6.17. The Balaban J connectivity index is 1.71. The summed E-state index contributed by atoms with van der Waals surface area (Å²) in [7, 11) is 0. The van der Waals surface area contributed by atoms with Crippen LogP contribution in [0.4, 0.5) is 32.0 Å². The number of halogens is 6. The Bertz CT molecular complexity index is 1380. The van der Waals surface area contributed by atoms with Gasteiger partial charge in [-0.05, 0) is 73.0 Å². The van der Waals surface area contributed by atoms with Crippen LogP contribution in [0.5, 0.6) is 23.0 Å². The van der Waals surface area contributed by atoms with E-state index in [9.17, 15) is 26.3 Å². The van der Waals surface area contributed by atoms with Crippen LogP contribution in [0.3, 0.4) is 0 Å². The first-order valence-corrected chi connectivity index (χ1v) is 11.4. The third kappa shape index (κ3) is 5.14. The summed E-state index contributed by atoms with van der Waals surface area (Å²) in [5.74, 6) is 0.837. The second-order valence-electron chi connectivity index (χ2n) is 8.83. The van der Waals surface area contributed by atoms with Crippen molar-refractivity contribution in [2.45, 2.75) is 31.6 Å². The molecular weight excluding hydrogens is 508 g/mol. The maximum atomic E-state index is 14.5. The SMILES string of the molecule is Cc1ccc(Oc2ccc(C(c3ccc(Oc4ccc(C)c(N)c4)cc3)(C(F)(F)F)C(F)(F)F)cc2)cc1. The minimum absolute atomic E-state index is 0.0529. The van der Waals surface area contributed by atoms with E-state index in [0.29, 0.717) is 17.2 Å². The molecule has 9 heteroatoms. The number of ether oxygens (including phenoxy) is 2. The maximum Gasteiger partial charge on any atom is 0.411 e. The molecule has 0 amide bonds. The molecule has 0 spiro atoms. The lowest BCUT2D eigenvalue weighted by molar-refractivity contribution is -0.288. The summed E-state index contributed by atoms with van der Waals surface area (Å²) in [6.45, 7) is 3.65. The van der Waals surface area contributed by atoms with Crippen molar-refractivity contribution in [3.63, 3.8) is 0 Å². The van der Waals surface area contributed by atoms with Gasteiger partial charge in [-0.1, -0.05) is 48.0 Å². The number of rotatable bonds is 6. The van der Waals surface area contributed by atoms with Gasteiger partial charge in [0.15, 0.2) is 0 Å². The highest BCUT2D eigenvalue weighted by molar-refractivity contribution is 5.52. The zero-order chi connectivity index (χ0) is 27.7. The molecule has 0 heterocycles. The molecule has 0 aliphatic carbocycles. The van der Waals surface area contributed by atoms with Gasteiger partial charge < -0.3 is 15.2 Å². The molecule has 0 saturated heterocycles. The molecule has 0 bridgehead atoms. The highest BCUT2D eigenvalue weighted by Crippen LogP contribution is 2.56. The van der Waals surface area contributed by atoms with Gasteiger partial charge in [-0.15, -0.1) is 0 Å². The summed E-state index contributed by atoms with van der Waals surface area (Å²) in [5, 5.41) is 0. The third-order valence-electron chi connectivity index (χ3n) is 6.17. The highest BCUT2D eigenvalue weighted by Gasteiger charge is 2.72. The molecule has 4 rings (SSSR count). The summed E-state index contributed by atoms with van der Waals surface area (Å²) in [4.78, 5) is 0. The zero-order valence-electron chi connectivity index (χ0n) is 20.3. The van der Waals surface area contributed by atoms with Gasteiger partial charge in [0.05, 0.1) is 0 Å². The Morgan fingerprint density at radius 1 is 0.526 bits per heavy atom. The Kier molecular flexibility index (Phi) is 7.06. The van der Waals surface area contributed by atoms with E-state index in [1.807, 2.05) is 6.92 Å². The van der Waals surface area contributed by atoms with Crippen LogP contribution in [-0.2, 0) is 5.41 Å². The number of hydrogen-bond donors (Lipinski definition) is 1. The fraction of sp³-hybridized carbons (Fsp3) is 0.172. The van der Waals surface area contributed by atoms with Crippen molar-refractivity contribution in [1.29, 1.82) is 0 Å². The van der Waals surface area contributed by atoms with Crippen LogP contribution < -0.4 is 15.2 Å². The zero-order valence-corrected chi connectivity index (χ0v) is 20.3. The second-order valence-corrected chi connectivity index (χ2v) is 8.83. The van der Waals surface area contributed by atoms with Gasteiger partial charge >= 0.3 is 12.4 Å². The first-order valence-electron chi connectivity index (χ1n) is 11.4. The average molecular weight is 531 g/mol. The molecule has 0 radical (unpaired) electrons. The Hall–Kier alpha value is -4.14. The van der Waals surface area contributed by atoms with Gasteiger partial charge in [-0.25, -0.2) is 0 Å². The molecule has 0 fully saturated rings. The predicted molar refractivity (Wildman–Crippen MR) is 133 cm³/mol. The van der Waals surface area contributed by atoms with Crippen molar-refractivity contribution in [2.75, 3.05) is 5.73 Å². The molecule has 38 heavy (non-hydrogen) atoms. The molecule has 0 unspecified atom stereocenters. The lowest BCUT2D eigenvalue weighted by atomic mass is 9.73. The monoisotopic (exact) mass is 531 g/mol. The summed E-state index contributed by atoms with van der Waals surface area (Å²) in [5.41, 5.74) is 1.75. The number of aryl methyl sites for hydroxylation is 2. The number of alkyl halides is 6. The average Bonchev–Trinajstić information content (AvgIpc) is 2.84. The van der Waals surface area contributed by atoms with Gasteiger partial charge in [-0.3, -0.25) is 0 Å². The summed E-state index contributed by atoms with van der Waals surface area (Å²) in [6.07, 6.45) is -11.4. The topological polar surface area (TPSA) is 44.5 Å². The normalized spacial score (nSPS) is 12.3. The molecule has 0 aliphatic rings. The minimum Gasteiger partial charge on any atom is -0.457 e. The van der Waals surface area contributed by atoms with Crippen LogP contribution in [-0.4, -0.2) is 12.4 Å². The Morgan fingerprint density at radius 3 is 1.29 bits per heavy atom. The molecule has 0 atom stereocenters. The van der Waals surface area contributed by atoms with Gasteiger partial charge in [0.1, 0.15) is 23.0 Å². The van der Waals surface area contributed by atoms with Crippen molar-refractivity contribution in [3.8, 4) is 23.0 Å². The molecule has 4 aromatic carbocycles. The molecule has 4 aromatic rings. The molecule has 0 aromatic heterocycles. The van der Waals surface area contributed by atoms with Gasteiger partial charge in [0, 0.05) is 11.8 Å². The first kappa shape index (κ1) is 26.9. The van der Waals surface area contributed by atoms with Crippen LogP contribution in [0.15, 0.2) is 91.0 Å². The summed E-state index contributed by atoms with van der Waals surface area (Å²) in [6, 6.07) is 19.0. The molecular formula is C29H23F6NO2. The number of hydrogen-bond acceptors (Lipinski definition) is 3. The van der Waals surface area contributed by atoms with Crippen LogP contribution in [0.2, 0.25) is 0 Å².